The quantitative estimate of drug-likeness (QED) is 0.547. The van der Waals surface area contributed by atoms with E-state index in [0.29, 0.717) is 11.3 Å². The van der Waals surface area contributed by atoms with Gasteiger partial charge in [0.2, 0.25) is 5.76 Å². The van der Waals surface area contributed by atoms with Gasteiger partial charge in [0.05, 0.1) is 0 Å². The third kappa shape index (κ3) is 4.82. The van der Waals surface area contributed by atoms with Crippen LogP contribution in [0.1, 0.15) is 41.4 Å². The Morgan fingerprint density at radius 1 is 1.10 bits per heavy atom. The standard InChI is InChI=1S/C23H23NO4S/c1-15(22(25)24-17-11-12-17)27-23(26)21-19(18-9-5-6-10-20(18)28-21)14-29-13-16-7-3-2-4-8-16/h2-10,15,17H,11-14H2,1H3,(H,24,25)/t15-/m0/s1. The zero-order valence-corrected chi connectivity index (χ0v) is 17.0. The fourth-order valence-electron chi connectivity index (χ4n) is 3.07. The summed E-state index contributed by atoms with van der Waals surface area (Å²) in [7, 11) is 0. The minimum absolute atomic E-state index is 0.179. The van der Waals surface area contributed by atoms with E-state index in [-0.39, 0.29) is 17.7 Å². The number of amides is 1. The van der Waals surface area contributed by atoms with Crippen LogP contribution < -0.4 is 5.32 Å². The number of hydrogen-bond donors (Lipinski definition) is 1. The van der Waals surface area contributed by atoms with E-state index in [1.807, 2.05) is 42.5 Å². The SMILES string of the molecule is C[C@H](OC(=O)c1oc2ccccc2c1CSCc1ccccc1)C(=O)NC1CC1. The minimum Gasteiger partial charge on any atom is -0.449 e. The second-order valence-corrected chi connectivity index (χ2v) is 8.20. The van der Waals surface area contributed by atoms with Crippen LogP contribution in [0, 0.1) is 0 Å². The normalized spacial score (nSPS) is 14.5. The number of benzene rings is 2. The molecule has 0 spiro atoms. The maximum atomic E-state index is 12.8. The number of hydrogen-bond acceptors (Lipinski definition) is 5. The van der Waals surface area contributed by atoms with Crippen molar-refractivity contribution >= 4 is 34.6 Å². The van der Waals surface area contributed by atoms with Gasteiger partial charge < -0.3 is 14.5 Å². The summed E-state index contributed by atoms with van der Waals surface area (Å²) in [6, 6.07) is 18.0. The van der Waals surface area contributed by atoms with Crippen LogP contribution in [-0.2, 0) is 21.0 Å². The van der Waals surface area contributed by atoms with Gasteiger partial charge in [-0.1, -0.05) is 48.5 Å². The Hall–Kier alpha value is -2.73. The van der Waals surface area contributed by atoms with Crippen molar-refractivity contribution in [3.8, 4) is 0 Å². The molecule has 29 heavy (non-hydrogen) atoms. The molecule has 1 heterocycles. The molecular weight excluding hydrogens is 386 g/mol. The number of furan rings is 1. The topological polar surface area (TPSA) is 68.5 Å². The monoisotopic (exact) mass is 409 g/mol. The second-order valence-electron chi connectivity index (χ2n) is 7.21. The van der Waals surface area contributed by atoms with Crippen molar-refractivity contribution in [2.75, 3.05) is 0 Å². The number of esters is 1. The third-order valence-corrected chi connectivity index (χ3v) is 5.85. The van der Waals surface area contributed by atoms with Crippen molar-refractivity contribution < 1.29 is 18.7 Å². The largest absolute Gasteiger partial charge is 0.449 e. The highest BCUT2D eigenvalue weighted by Crippen LogP contribution is 2.31. The molecule has 1 aliphatic carbocycles. The van der Waals surface area contributed by atoms with Crippen molar-refractivity contribution in [1.29, 1.82) is 0 Å². The maximum Gasteiger partial charge on any atom is 0.375 e. The Labute approximate surface area is 173 Å². The molecule has 5 nitrogen and oxygen atoms in total. The molecule has 0 aliphatic heterocycles. The minimum atomic E-state index is -0.860. The number of para-hydroxylation sites is 1. The van der Waals surface area contributed by atoms with Gasteiger partial charge in [-0.25, -0.2) is 4.79 Å². The molecule has 4 rings (SSSR count). The van der Waals surface area contributed by atoms with E-state index >= 15 is 0 Å². The Balaban J connectivity index is 1.49. The lowest BCUT2D eigenvalue weighted by atomic mass is 10.1. The smallest absolute Gasteiger partial charge is 0.375 e. The zero-order valence-electron chi connectivity index (χ0n) is 16.2. The fourth-order valence-corrected chi connectivity index (χ4v) is 4.09. The van der Waals surface area contributed by atoms with Gasteiger partial charge in [-0.2, -0.15) is 11.8 Å². The van der Waals surface area contributed by atoms with Crippen molar-refractivity contribution in [2.24, 2.45) is 0 Å². The molecule has 0 saturated heterocycles. The predicted molar refractivity (Wildman–Crippen MR) is 114 cm³/mol. The highest BCUT2D eigenvalue weighted by atomic mass is 32.2. The fraction of sp³-hybridized carbons (Fsp3) is 0.304. The van der Waals surface area contributed by atoms with Gasteiger partial charge in [-0.3, -0.25) is 4.79 Å². The lowest BCUT2D eigenvalue weighted by molar-refractivity contribution is -0.129. The molecule has 1 amide bonds. The van der Waals surface area contributed by atoms with Crippen LogP contribution in [0.2, 0.25) is 0 Å². The Morgan fingerprint density at radius 2 is 1.83 bits per heavy atom. The molecule has 0 unspecified atom stereocenters. The summed E-state index contributed by atoms with van der Waals surface area (Å²) in [4.78, 5) is 24.9. The van der Waals surface area contributed by atoms with E-state index in [1.54, 1.807) is 18.7 Å². The molecule has 1 fully saturated rings. The van der Waals surface area contributed by atoms with Gasteiger partial charge in [0.1, 0.15) is 5.58 Å². The van der Waals surface area contributed by atoms with Crippen molar-refractivity contribution in [1.82, 2.24) is 5.32 Å². The molecule has 3 aromatic rings. The number of rotatable bonds is 8. The van der Waals surface area contributed by atoms with Crippen LogP contribution >= 0.6 is 11.8 Å². The van der Waals surface area contributed by atoms with Gasteiger partial charge in [0, 0.05) is 28.5 Å². The Kier molecular flexibility index (Phi) is 5.90. The summed E-state index contributed by atoms with van der Waals surface area (Å²) in [6.07, 6.45) is 1.11. The van der Waals surface area contributed by atoms with E-state index in [4.69, 9.17) is 9.15 Å². The molecule has 0 radical (unpaired) electrons. The van der Waals surface area contributed by atoms with E-state index in [0.717, 1.165) is 29.5 Å². The molecule has 6 heteroatoms. The van der Waals surface area contributed by atoms with E-state index in [2.05, 4.69) is 17.4 Å². The molecule has 1 atom stereocenters. The van der Waals surface area contributed by atoms with Crippen LogP contribution in [0.25, 0.3) is 11.0 Å². The van der Waals surface area contributed by atoms with E-state index in [1.165, 1.54) is 5.56 Å². The van der Waals surface area contributed by atoms with E-state index < -0.39 is 12.1 Å². The van der Waals surface area contributed by atoms with Gasteiger partial charge >= 0.3 is 5.97 Å². The number of carbonyl (C=O) groups is 2. The lowest BCUT2D eigenvalue weighted by Gasteiger charge is -2.12. The van der Waals surface area contributed by atoms with Gasteiger partial charge in [0.15, 0.2) is 6.10 Å². The average Bonchev–Trinajstić information content (AvgIpc) is 3.47. The molecule has 1 N–H and O–H groups in total. The highest BCUT2D eigenvalue weighted by molar-refractivity contribution is 7.97. The summed E-state index contributed by atoms with van der Waals surface area (Å²) >= 11 is 1.71. The van der Waals surface area contributed by atoms with Gasteiger partial charge in [0.25, 0.3) is 5.91 Å². The Bertz CT molecular complexity index is 1010. The summed E-state index contributed by atoms with van der Waals surface area (Å²) < 4.78 is 11.2. The first-order valence-corrected chi connectivity index (χ1v) is 10.9. The molecule has 2 aromatic carbocycles. The van der Waals surface area contributed by atoms with E-state index in [9.17, 15) is 9.59 Å². The number of nitrogens with one attached hydrogen (secondary N) is 1. The zero-order chi connectivity index (χ0) is 20.2. The van der Waals surface area contributed by atoms with Crippen LogP contribution in [0.5, 0.6) is 0 Å². The molecule has 1 saturated carbocycles. The predicted octanol–water partition coefficient (Wildman–Crippen LogP) is 4.69. The molecule has 0 bridgehead atoms. The number of fused-ring (bicyclic) bond motifs is 1. The summed E-state index contributed by atoms with van der Waals surface area (Å²) in [5.41, 5.74) is 2.67. The third-order valence-electron chi connectivity index (χ3n) is 4.82. The average molecular weight is 410 g/mol. The number of carbonyl (C=O) groups excluding carboxylic acids is 2. The van der Waals surface area contributed by atoms with Gasteiger partial charge in [-0.05, 0) is 31.4 Å². The van der Waals surface area contributed by atoms with Gasteiger partial charge in [-0.15, -0.1) is 0 Å². The highest BCUT2D eigenvalue weighted by Gasteiger charge is 2.29. The first kappa shape index (κ1) is 19.6. The Morgan fingerprint density at radius 3 is 2.59 bits per heavy atom. The molecule has 1 aromatic heterocycles. The number of ether oxygens (including phenoxy) is 1. The van der Waals surface area contributed by atoms with Crippen molar-refractivity contribution in [3.05, 3.63) is 71.5 Å². The summed E-state index contributed by atoms with van der Waals surface area (Å²) in [6.45, 7) is 1.59. The first-order chi connectivity index (χ1) is 14.1. The van der Waals surface area contributed by atoms with Crippen LogP contribution in [0.4, 0.5) is 0 Å². The number of thioether (sulfide) groups is 1. The first-order valence-electron chi connectivity index (χ1n) is 9.75. The maximum absolute atomic E-state index is 12.8. The lowest BCUT2D eigenvalue weighted by Crippen LogP contribution is -2.37. The van der Waals surface area contributed by atoms with Crippen LogP contribution in [0.15, 0.2) is 59.0 Å². The van der Waals surface area contributed by atoms with Crippen LogP contribution in [-0.4, -0.2) is 24.0 Å². The van der Waals surface area contributed by atoms with Crippen LogP contribution in [0.3, 0.4) is 0 Å². The molecule has 1 aliphatic rings. The molecular formula is C23H23NO4S. The summed E-state index contributed by atoms with van der Waals surface area (Å²) in [5, 5.41) is 3.75. The second kappa shape index (κ2) is 8.74. The van der Waals surface area contributed by atoms with Crippen molar-refractivity contribution in [3.63, 3.8) is 0 Å². The summed E-state index contributed by atoms with van der Waals surface area (Å²) in [5.74, 6) is 0.748. The van der Waals surface area contributed by atoms with Crippen molar-refractivity contribution in [2.45, 2.75) is 43.4 Å². The molecule has 150 valence electrons.